The van der Waals surface area contributed by atoms with E-state index in [0.717, 1.165) is 17.9 Å². The van der Waals surface area contributed by atoms with Gasteiger partial charge in [0.05, 0.1) is 12.7 Å². The summed E-state index contributed by atoms with van der Waals surface area (Å²) in [6, 6.07) is 6.17. The number of aromatic carboxylic acids is 1. The van der Waals surface area contributed by atoms with Crippen molar-refractivity contribution in [1.82, 2.24) is 10.2 Å². The zero-order chi connectivity index (χ0) is 20.0. The minimum atomic E-state index is -1.18. The third-order valence-electron chi connectivity index (χ3n) is 3.60. The number of carbonyl (C=O) groups excluding carboxylic acids is 2. The van der Waals surface area contributed by atoms with Crippen LogP contribution in [-0.2, 0) is 11.3 Å². The number of furan rings is 1. The quantitative estimate of drug-likeness (QED) is 0.714. The van der Waals surface area contributed by atoms with Crippen molar-refractivity contribution in [2.75, 3.05) is 27.8 Å². The van der Waals surface area contributed by atoms with E-state index in [4.69, 9.17) is 19.0 Å². The van der Waals surface area contributed by atoms with Gasteiger partial charge in [-0.15, -0.1) is 0 Å². The molecule has 144 valence electrons. The first-order chi connectivity index (χ1) is 12.8. The molecule has 0 aliphatic rings. The van der Waals surface area contributed by atoms with Crippen molar-refractivity contribution >= 4 is 17.8 Å². The van der Waals surface area contributed by atoms with Gasteiger partial charge in [-0.2, -0.15) is 0 Å². The number of carboxylic acid groups (broad SMARTS) is 1. The first kappa shape index (κ1) is 19.8. The summed E-state index contributed by atoms with van der Waals surface area (Å²) in [4.78, 5) is 35.9. The molecule has 0 saturated heterocycles. The molecule has 0 aliphatic heterocycles. The topological polar surface area (TPSA) is 118 Å². The molecule has 0 spiro atoms. The number of nitrogens with one attached hydrogen (secondary N) is 1. The van der Waals surface area contributed by atoms with Crippen LogP contribution < -0.4 is 14.8 Å². The van der Waals surface area contributed by atoms with Crippen LogP contribution >= 0.6 is 0 Å². The molecule has 1 aromatic carbocycles. The first-order valence-electron chi connectivity index (χ1n) is 7.91. The van der Waals surface area contributed by atoms with Crippen LogP contribution in [0, 0.1) is 0 Å². The van der Waals surface area contributed by atoms with Gasteiger partial charge < -0.3 is 29.2 Å². The lowest BCUT2D eigenvalue weighted by molar-refractivity contribution is -0.130. The Hall–Kier alpha value is -3.49. The molecule has 0 radical (unpaired) electrons. The molecule has 2 aromatic rings. The summed E-state index contributed by atoms with van der Waals surface area (Å²) in [5, 5.41) is 11.5. The minimum absolute atomic E-state index is 0.0958. The van der Waals surface area contributed by atoms with Gasteiger partial charge in [0.2, 0.25) is 0 Å². The van der Waals surface area contributed by atoms with Gasteiger partial charge in [0.1, 0.15) is 6.26 Å². The van der Waals surface area contributed by atoms with E-state index in [9.17, 15) is 14.4 Å². The Labute approximate surface area is 155 Å². The van der Waals surface area contributed by atoms with Crippen LogP contribution in [0.1, 0.15) is 26.5 Å². The number of benzene rings is 1. The second-order valence-electron chi connectivity index (χ2n) is 5.75. The Balaban J connectivity index is 1.99. The van der Waals surface area contributed by atoms with Crippen molar-refractivity contribution in [3.05, 3.63) is 47.4 Å². The van der Waals surface area contributed by atoms with Crippen LogP contribution in [-0.4, -0.2) is 55.6 Å². The molecular weight excluding hydrogens is 356 g/mol. The number of methoxy groups -OCH3 is 1. The molecule has 0 fully saturated rings. The second-order valence-corrected chi connectivity index (χ2v) is 5.75. The predicted octanol–water partition coefficient (Wildman–Crippen LogP) is 1.38. The van der Waals surface area contributed by atoms with Crippen molar-refractivity contribution in [3.63, 3.8) is 0 Å². The highest BCUT2D eigenvalue weighted by molar-refractivity contribution is 5.95. The average Bonchev–Trinajstić information content (AvgIpc) is 3.14. The number of rotatable bonds is 8. The number of hydrogen-bond acceptors (Lipinski definition) is 6. The molecule has 0 saturated carbocycles. The van der Waals surface area contributed by atoms with Crippen LogP contribution in [0.5, 0.6) is 11.5 Å². The largest absolute Gasteiger partial charge is 0.493 e. The normalized spacial score (nSPS) is 10.2. The highest BCUT2D eigenvalue weighted by atomic mass is 16.5. The molecule has 1 aromatic heterocycles. The fourth-order valence-corrected chi connectivity index (χ4v) is 2.05. The standard InChI is InChI=1S/C18H20N2O7/c1-20(2)16(21)10-27-13-5-4-11(6-14(13)25-3)8-19-17(22)15-7-12(9-26-15)18(23)24/h4-7,9H,8,10H2,1-3H3,(H,19,22)(H,23,24). The van der Waals surface area contributed by atoms with Gasteiger partial charge in [-0.1, -0.05) is 6.07 Å². The zero-order valence-corrected chi connectivity index (χ0v) is 15.1. The van der Waals surface area contributed by atoms with Crippen LogP contribution in [0.2, 0.25) is 0 Å². The Morgan fingerprint density at radius 2 is 1.93 bits per heavy atom. The number of carboxylic acids is 1. The summed E-state index contributed by atoms with van der Waals surface area (Å²) in [5.41, 5.74) is 0.618. The molecule has 9 heteroatoms. The van der Waals surface area contributed by atoms with E-state index >= 15 is 0 Å². The Morgan fingerprint density at radius 1 is 1.19 bits per heavy atom. The van der Waals surface area contributed by atoms with Crippen molar-refractivity contribution in [3.8, 4) is 11.5 Å². The van der Waals surface area contributed by atoms with Crippen molar-refractivity contribution in [1.29, 1.82) is 0 Å². The number of nitrogens with zero attached hydrogens (tertiary/aromatic N) is 1. The third kappa shape index (κ3) is 5.24. The molecule has 2 rings (SSSR count). The van der Waals surface area contributed by atoms with Gasteiger partial charge in [-0.25, -0.2) is 4.79 Å². The predicted molar refractivity (Wildman–Crippen MR) is 94.0 cm³/mol. The van der Waals surface area contributed by atoms with Crippen molar-refractivity contribution in [2.24, 2.45) is 0 Å². The maximum Gasteiger partial charge on any atom is 0.338 e. The second kappa shape index (κ2) is 8.75. The fraction of sp³-hybridized carbons (Fsp3) is 0.278. The maximum atomic E-state index is 12.0. The van der Waals surface area contributed by atoms with E-state index in [1.807, 2.05) is 0 Å². The van der Waals surface area contributed by atoms with E-state index in [2.05, 4.69) is 5.32 Å². The number of carbonyl (C=O) groups is 3. The number of hydrogen-bond donors (Lipinski definition) is 2. The molecule has 0 aliphatic carbocycles. The van der Waals surface area contributed by atoms with Gasteiger partial charge in [0.15, 0.2) is 23.9 Å². The molecule has 0 atom stereocenters. The molecule has 1 heterocycles. The highest BCUT2D eigenvalue weighted by Gasteiger charge is 2.15. The van der Waals surface area contributed by atoms with Crippen LogP contribution in [0.3, 0.4) is 0 Å². The van der Waals surface area contributed by atoms with Crippen LogP contribution in [0.4, 0.5) is 0 Å². The third-order valence-corrected chi connectivity index (χ3v) is 3.60. The van der Waals surface area contributed by atoms with Crippen LogP contribution in [0.15, 0.2) is 34.9 Å². The molecular formula is C18H20N2O7. The monoisotopic (exact) mass is 376 g/mol. The maximum absolute atomic E-state index is 12.0. The molecule has 0 bridgehead atoms. The Kier molecular flexibility index (Phi) is 6.42. The van der Waals surface area contributed by atoms with Crippen molar-refractivity contribution < 1.29 is 33.4 Å². The van der Waals surface area contributed by atoms with Gasteiger partial charge in [0.25, 0.3) is 11.8 Å². The van der Waals surface area contributed by atoms with Gasteiger partial charge in [-0.3, -0.25) is 9.59 Å². The van der Waals surface area contributed by atoms with E-state index in [0.29, 0.717) is 11.5 Å². The van der Waals surface area contributed by atoms with Gasteiger partial charge in [-0.05, 0) is 17.7 Å². The van der Waals surface area contributed by atoms with Gasteiger partial charge in [0, 0.05) is 26.7 Å². The smallest absolute Gasteiger partial charge is 0.338 e. The number of ether oxygens (including phenoxy) is 2. The molecule has 9 nitrogen and oxygen atoms in total. The van der Waals surface area contributed by atoms with E-state index < -0.39 is 11.9 Å². The Morgan fingerprint density at radius 3 is 2.52 bits per heavy atom. The molecule has 27 heavy (non-hydrogen) atoms. The summed E-state index contributed by atoms with van der Waals surface area (Å²) in [6.07, 6.45) is 1.00. The molecule has 0 unspecified atom stereocenters. The van der Waals surface area contributed by atoms with E-state index in [-0.39, 0.29) is 30.4 Å². The van der Waals surface area contributed by atoms with E-state index in [1.165, 1.54) is 12.0 Å². The lowest BCUT2D eigenvalue weighted by Crippen LogP contribution is -2.27. The number of amides is 2. The van der Waals surface area contributed by atoms with Crippen LogP contribution in [0.25, 0.3) is 0 Å². The highest BCUT2D eigenvalue weighted by Crippen LogP contribution is 2.28. The average molecular weight is 376 g/mol. The zero-order valence-electron chi connectivity index (χ0n) is 15.1. The Bertz CT molecular complexity index is 842. The molecule has 2 N–H and O–H groups in total. The minimum Gasteiger partial charge on any atom is -0.493 e. The summed E-state index contributed by atoms with van der Waals surface area (Å²) < 4.78 is 15.6. The van der Waals surface area contributed by atoms with Gasteiger partial charge >= 0.3 is 5.97 Å². The fourth-order valence-electron chi connectivity index (χ4n) is 2.05. The van der Waals surface area contributed by atoms with Crippen molar-refractivity contribution in [2.45, 2.75) is 6.54 Å². The SMILES string of the molecule is COc1cc(CNC(=O)c2cc(C(=O)O)co2)ccc1OCC(=O)N(C)C. The summed E-state index contributed by atoms with van der Waals surface area (Å²) in [6.45, 7) is 0.0407. The lowest BCUT2D eigenvalue weighted by atomic mass is 10.2. The summed E-state index contributed by atoms with van der Waals surface area (Å²) in [5.74, 6) is -1.18. The van der Waals surface area contributed by atoms with E-state index in [1.54, 1.807) is 32.3 Å². The summed E-state index contributed by atoms with van der Waals surface area (Å²) >= 11 is 0. The lowest BCUT2D eigenvalue weighted by Gasteiger charge is -2.14. The molecule has 2 amide bonds. The number of likely N-dealkylation sites (N-methyl/N-ethyl adjacent to an activating group) is 1. The summed E-state index contributed by atoms with van der Waals surface area (Å²) in [7, 11) is 4.73. The first-order valence-corrected chi connectivity index (χ1v) is 7.91.